The highest BCUT2D eigenvalue weighted by Gasteiger charge is 2.54. The van der Waals surface area contributed by atoms with Crippen LogP contribution in [0, 0.1) is 5.92 Å². The highest BCUT2D eigenvalue weighted by molar-refractivity contribution is 6.44. The van der Waals surface area contributed by atoms with Crippen LogP contribution in [-0.2, 0) is 9.59 Å². The highest BCUT2D eigenvalue weighted by Crippen LogP contribution is 2.50. The van der Waals surface area contributed by atoms with Gasteiger partial charge >= 0.3 is 12.3 Å². The predicted octanol–water partition coefficient (Wildman–Crippen LogP) is 3.89. The van der Waals surface area contributed by atoms with Crippen molar-refractivity contribution in [1.29, 1.82) is 0 Å². The van der Waals surface area contributed by atoms with Crippen molar-refractivity contribution in [3.05, 3.63) is 59.7 Å². The number of ether oxygens (including phenoxy) is 1. The Labute approximate surface area is 193 Å². The van der Waals surface area contributed by atoms with Crippen LogP contribution in [0.2, 0.25) is 0 Å². The Morgan fingerprint density at radius 1 is 1.06 bits per heavy atom. The first-order valence-corrected chi connectivity index (χ1v) is 10.8. The average molecular weight is 476 g/mol. The van der Waals surface area contributed by atoms with E-state index in [1.54, 1.807) is 24.3 Å². The second kappa shape index (κ2) is 8.75. The average Bonchev–Trinajstić information content (AvgIpc) is 3.23. The van der Waals surface area contributed by atoms with Crippen molar-refractivity contribution in [3.8, 4) is 5.75 Å². The molecule has 1 heterocycles. The number of para-hydroxylation sites is 2. The molecule has 2 aromatic rings. The summed E-state index contributed by atoms with van der Waals surface area (Å²) in [4.78, 5) is 38.3. The van der Waals surface area contributed by atoms with E-state index in [9.17, 15) is 32.7 Å². The van der Waals surface area contributed by atoms with Gasteiger partial charge in [0.05, 0.1) is 5.56 Å². The van der Waals surface area contributed by atoms with Gasteiger partial charge < -0.3 is 20.9 Å². The fraction of sp³-hybridized carbons (Fsp3) is 0.375. The summed E-state index contributed by atoms with van der Waals surface area (Å²) < 4.78 is 42.1. The molecule has 34 heavy (non-hydrogen) atoms. The summed E-state index contributed by atoms with van der Waals surface area (Å²) in [6, 6.07) is 11.5. The molecule has 0 amide bonds. The van der Waals surface area contributed by atoms with Gasteiger partial charge in [0, 0.05) is 24.1 Å². The smallest absolute Gasteiger partial charge is 0.480 e. The van der Waals surface area contributed by atoms with Gasteiger partial charge in [-0.3, -0.25) is 14.4 Å². The van der Waals surface area contributed by atoms with Gasteiger partial charge in [-0.25, -0.2) is 0 Å². The quantitative estimate of drug-likeness (QED) is 0.410. The number of hydrogen-bond acceptors (Lipinski definition) is 6. The maximum atomic E-state index is 13.0. The van der Waals surface area contributed by atoms with Crippen molar-refractivity contribution in [3.63, 3.8) is 0 Å². The lowest BCUT2D eigenvalue weighted by molar-refractivity contribution is -0.274. The molecule has 7 nitrogen and oxygen atoms in total. The Kier molecular flexibility index (Phi) is 6.11. The van der Waals surface area contributed by atoms with Gasteiger partial charge in [0.1, 0.15) is 11.3 Å². The van der Waals surface area contributed by atoms with E-state index in [4.69, 9.17) is 5.73 Å². The zero-order valence-corrected chi connectivity index (χ0v) is 18.0. The molecule has 10 heteroatoms. The summed E-state index contributed by atoms with van der Waals surface area (Å²) in [5.74, 6) is -5.74. The van der Waals surface area contributed by atoms with Crippen LogP contribution in [0.15, 0.2) is 48.5 Å². The van der Waals surface area contributed by atoms with E-state index in [1.807, 2.05) is 0 Å². The molecule has 4 N–H and O–H groups in total. The molecule has 0 bridgehead atoms. The van der Waals surface area contributed by atoms with E-state index in [1.165, 1.54) is 12.1 Å². The first kappa shape index (κ1) is 23.7. The number of alkyl halides is 3. The number of carboxylic acids is 1. The van der Waals surface area contributed by atoms with Gasteiger partial charge in [-0.15, -0.1) is 13.2 Å². The number of nitrogens with one attached hydrogen (secondary N) is 1. The predicted molar refractivity (Wildman–Crippen MR) is 116 cm³/mol. The Balaban J connectivity index is 1.69. The molecule has 1 fully saturated rings. The lowest BCUT2D eigenvalue weighted by Crippen LogP contribution is -2.59. The number of ketones is 2. The number of fused-ring (bicyclic) bond motifs is 2. The van der Waals surface area contributed by atoms with Crippen molar-refractivity contribution in [1.82, 2.24) is 0 Å². The van der Waals surface area contributed by atoms with Crippen LogP contribution < -0.4 is 15.8 Å². The monoisotopic (exact) mass is 476 g/mol. The second-order valence-electron chi connectivity index (χ2n) is 8.73. The van der Waals surface area contributed by atoms with Crippen molar-refractivity contribution in [2.45, 2.75) is 49.5 Å². The van der Waals surface area contributed by atoms with Crippen LogP contribution in [0.5, 0.6) is 5.75 Å². The molecule has 0 spiro atoms. The minimum absolute atomic E-state index is 0.0334. The minimum atomic E-state index is -5.07. The number of hydrogen-bond donors (Lipinski definition) is 3. The molecular weight excluding hydrogens is 453 g/mol. The molecular formula is C24H23F3N2O5. The third kappa shape index (κ3) is 4.37. The molecule has 2 aromatic carbocycles. The standard InChI is InChI=1S/C24H23F3N2O5/c25-24(26,27)34-19-11-4-2-7-15(19)21(31)18(30)12-23(28,22(32)33)20-13-6-1-3-9-16(13)29-17-10-5-8-14(17)20/h1-4,6-7,9,11,14,17,20,29H,5,8,10,12,28H2,(H,32,33)/t14-,17+,20?,23?/m0/s1. The topological polar surface area (TPSA) is 119 Å². The molecule has 0 saturated heterocycles. The Morgan fingerprint density at radius 3 is 2.44 bits per heavy atom. The zero-order valence-electron chi connectivity index (χ0n) is 18.0. The number of halogens is 3. The van der Waals surface area contributed by atoms with Crippen LogP contribution in [0.4, 0.5) is 18.9 Å². The summed E-state index contributed by atoms with van der Waals surface area (Å²) in [7, 11) is 0. The third-order valence-electron chi connectivity index (χ3n) is 6.65. The Bertz CT molecular complexity index is 1140. The van der Waals surface area contributed by atoms with Gasteiger partial charge in [-0.05, 0) is 42.5 Å². The Morgan fingerprint density at radius 2 is 1.74 bits per heavy atom. The largest absolute Gasteiger partial charge is 0.573 e. The summed E-state index contributed by atoms with van der Waals surface area (Å²) in [5.41, 5.74) is 5.03. The second-order valence-corrected chi connectivity index (χ2v) is 8.73. The van der Waals surface area contributed by atoms with E-state index in [2.05, 4.69) is 10.1 Å². The van der Waals surface area contributed by atoms with Crippen LogP contribution in [-0.4, -0.2) is 40.6 Å². The molecule has 180 valence electrons. The van der Waals surface area contributed by atoms with Crippen LogP contribution in [0.25, 0.3) is 0 Å². The van der Waals surface area contributed by atoms with Crippen molar-refractivity contribution in [2.75, 3.05) is 5.32 Å². The van der Waals surface area contributed by atoms with Crippen molar-refractivity contribution in [2.24, 2.45) is 11.7 Å². The van der Waals surface area contributed by atoms with Crippen molar-refractivity contribution >= 4 is 23.2 Å². The van der Waals surface area contributed by atoms with E-state index in [0.29, 0.717) is 12.0 Å². The van der Waals surface area contributed by atoms with Crippen LogP contribution >= 0.6 is 0 Å². The summed E-state index contributed by atoms with van der Waals surface area (Å²) in [6.45, 7) is 0. The molecule has 0 radical (unpaired) electrons. The number of carboxylic acid groups (broad SMARTS) is 1. The van der Waals surface area contributed by atoms with Crippen LogP contribution in [0.3, 0.4) is 0 Å². The Hall–Kier alpha value is -3.40. The summed E-state index contributed by atoms with van der Waals surface area (Å²) in [5, 5.41) is 13.6. The number of rotatable bonds is 7. The van der Waals surface area contributed by atoms with Gasteiger partial charge in [0.15, 0.2) is 0 Å². The molecule has 4 atom stereocenters. The van der Waals surface area contributed by atoms with Crippen LogP contribution in [0.1, 0.15) is 47.5 Å². The minimum Gasteiger partial charge on any atom is -0.480 e. The van der Waals surface area contributed by atoms with E-state index in [0.717, 1.165) is 30.7 Å². The van der Waals surface area contributed by atoms with E-state index < -0.39 is 53.1 Å². The lowest BCUT2D eigenvalue weighted by Gasteiger charge is -2.44. The van der Waals surface area contributed by atoms with E-state index in [-0.39, 0.29) is 12.0 Å². The van der Waals surface area contributed by atoms with Crippen molar-refractivity contribution < 1.29 is 37.4 Å². The van der Waals surface area contributed by atoms with E-state index >= 15 is 0 Å². The molecule has 1 saturated carbocycles. The van der Waals surface area contributed by atoms with Gasteiger partial charge in [-0.2, -0.15) is 0 Å². The molecule has 1 aliphatic heterocycles. The van der Waals surface area contributed by atoms with Gasteiger partial charge in [-0.1, -0.05) is 36.8 Å². The fourth-order valence-corrected chi connectivity index (χ4v) is 5.24. The summed E-state index contributed by atoms with van der Waals surface area (Å²) in [6.07, 6.45) is -3.61. The maximum Gasteiger partial charge on any atom is 0.573 e. The lowest BCUT2D eigenvalue weighted by atomic mass is 9.66. The number of carbonyl (C=O) groups excluding carboxylic acids is 2. The number of benzene rings is 2. The third-order valence-corrected chi connectivity index (χ3v) is 6.65. The number of nitrogens with two attached hydrogens (primary N) is 1. The number of aliphatic carboxylic acids is 1. The first-order chi connectivity index (χ1) is 16.0. The molecule has 4 rings (SSSR count). The number of carbonyl (C=O) groups is 3. The molecule has 1 aliphatic carbocycles. The van der Waals surface area contributed by atoms with Gasteiger partial charge in [0.2, 0.25) is 11.6 Å². The number of Topliss-reactive ketones (excluding diaryl/α,β-unsaturated/α-hetero) is 2. The fourth-order valence-electron chi connectivity index (χ4n) is 5.24. The zero-order chi connectivity index (χ0) is 24.7. The molecule has 2 aliphatic rings. The normalized spacial score (nSPS) is 23.1. The molecule has 0 aromatic heterocycles. The maximum absolute atomic E-state index is 13.0. The highest BCUT2D eigenvalue weighted by atomic mass is 19.4. The molecule has 2 unspecified atom stereocenters. The SMILES string of the molecule is NC(CC(=O)C(=O)c1ccccc1OC(F)(F)F)(C(=O)O)C1c2ccccc2N[C@@H]2CCC[C@H]12. The first-order valence-electron chi connectivity index (χ1n) is 10.8. The number of anilines is 1. The van der Waals surface area contributed by atoms with Gasteiger partial charge in [0.25, 0.3) is 0 Å². The summed E-state index contributed by atoms with van der Waals surface area (Å²) >= 11 is 0.